The van der Waals surface area contributed by atoms with Crippen molar-refractivity contribution >= 4 is 33.5 Å². The molecule has 6 heteroatoms. The third-order valence-electron chi connectivity index (χ3n) is 2.90. The fourth-order valence-electron chi connectivity index (χ4n) is 1.89. The van der Waals surface area contributed by atoms with E-state index in [2.05, 4.69) is 26.6 Å². The summed E-state index contributed by atoms with van der Waals surface area (Å²) in [6.45, 7) is 1.52. The van der Waals surface area contributed by atoms with Crippen LogP contribution in [0.3, 0.4) is 0 Å². The quantitative estimate of drug-likeness (QED) is 0.793. The van der Waals surface area contributed by atoms with Crippen LogP contribution < -0.4 is 10.6 Å². The minimum Gasteiger partial charge on any atom is -0.478 e. The highest BCUT2D eigenvalue weighted by Gasteiger charge is 2.22. The molecule has 3 N–H and O–H groups in total. The molecule has 1 atom stereocenters. The Balaban J connectivity index is 2.11. The summed E-state index contributed by atoms with van der Waals surface area (Å²) in [4.78, 5) is 22.8. The summed E-state index contributed by atoms with van der Waals surface area (Å²) in [5, 5.41) is 14.8. The molecule has 1 aromatic rings. The molecule has 0 radical (unpaired) electrons. The van der Waals surface area contributed by atoms with Gasteiger partial charge in [0.2, 0.25) is 5.91 Å². The second kappa shape index (κ2) is 5.49. The van der Waals surface area contributed by atoms with Crippen LogP contribution in [0.15, 0.2) is 22.7 Å². The van der Waals surface area contributed by atoms with Crippen molar-refractivity contribution in [2.45, 2.75) is 6.42 Å². The standard InChI is InChI=1S/C12H13BrN2O3/c13-10-2-1-8(5-9(10)12(17)18)15-11(16)7-3-4-14-6-7/h1-2,5,7,14H,3-4,6H2,(H,15,16)(H,17,18). The molecule has 0 aliphatic carbocycles. The highest BCUT2D eigenvalue weighted by atomic mass is 79.9. The Morgan fingerprint density at radius 1 is 1.44 bits per heavy atom. The fourth-order valence-corrected chi connectivity index (χ4v) is 2.31. The zero-order chi connectivity index (χ0) is 13.1. The molecule has 0 saturated carbocycles. The normalized spacial score (nSPS) is 18.6. The van der Waals surface area contributed by atoms with Gasteiger partial charge < -0.3 is 15.7 Å². The average molecular weight is 313 g/mol. The van der Waals surface area contributed by atoms with Crippen LogP contribution in [0.1, 0.15) is 16.8 Å². The summed E-state index contributed by atoms with van der Waals surface area (Å²) in [7, 11) is 0. The predicted molar refractivity (Wildman–Crippen MR) is 70.7 cm³/mol. The number of aromatic carboxylic acids is 1. The van der Waals surface area contributed by atoms with Gasteiger partial charge >= 0.3 is 5.97 Å². The van der Waals surface area contributed by atoms with E-state index in [1.165, 1.54) is 6.07 Å². The molecular formula is C12H13BrN2O3. The van der Waals surface area contributed by atoms with Gasteiger partial charge in [0.25, 0.3) is 0 Å². The van der Waals surface area contributed by atoms with Crippen molar-refractivity contribution in [3.8, 4) is 0 Å². The molecule has 0 aromatic heterocycles. The molecule has 1 unspecified atom stereocenters. The molecular weight excluding hydrogens is 300 g/mol. The van der Waals surface area contributed by atoms with Crippen LogP contribution in [0.4, 0.5) is 5.69 Å². The number of hydrogen-bond acceptors (Lipinski definition) is 3. The first-order valence-electron chi connectivity index (χ1n) is 5.62. The number of benzene rings is 1. The number of carbonyl (C=O) groups is 2. The van der Waals surface area contributed by atoms with Crippen molar-refractivity contribution in [3.05, 3.63) is 28.2 Å². The van der Waals surface area contributed by atoms with Crippen LogP contribution in [0, 0.1) is 5.92 Å². The molecule has 1 aliphatic heterocycles. The predicted octanol–water partition coefficient (Wildman–Crippen LogP) is 1.70. The van der Waals surface area contributed by atoms with Crippen LogP contribution in [0.5, 0.6) is 0 Å². The number of anilines is 1. The molecule has 1 saturated heterocycles. The number of halogens is 1. The topological polar surface area (TPSA) is 78.4 Å². The number of carboxylic acids is 1. The second-order valence-corrected chi connectivity index (χ2v) is 5.03. The van der Waals surface area contributed by atoms with E-state index in [-0.39, 0.29) is 17.4 Å². The summed E-state index contributed by atoms with van der Waals surface area (Å²) >= 11 is 3.16. The van der Waals surface area contributed by atoms with E-state index < -0.39 is 5.97 Å². The lowest BCUT2D eigenvalue weighted by Crippen LogP contribution is -2.24. The van der Waals surface area contributed by atoms with E-state index in [4.69, 9.17) is 5.11 Å². The van der Waals surface area contributed by atoms with Crippen molar-refractivity contribution in [3.63, 3.8) is 0 Å². The Labute approximate surface area is 113 Å². The lowest BCUT2D eigenvalue weighted by Gasteiger charge is -2.10. The highest BCUT2D eigenvalue weighted by Crippen LogP contribution is 2.22. The number of amides is 1. The van der Waals surface area contributed by atoms with Crippen LogP contribution in [0.25, 0.3) is 0 Å². The van der Waals surface area contributed by atoms with Crippen molar-refractivity contribution in [1.29, 1.82) is 0 Å². The molecule has 5 nitrogen and oxygen atoms in total. The maximum atomic E-state index is 11.9. The van der Waals surface area contributed by atoms with Crippen LogP contribution in [-0.2, 0) is 4.79 Å². The van der Waals surface area contributed by atoms with Crippen LogP contribution >= 0.6 is 15.9 Å². The Bertz CT molecular complexity index is 484. The molecule has 2 rings (SSSR count). The molecule has 0 bridgehead atoms. The summed E-state index contributed by atoms with van der Waals surface area (Å²) in [6.07, 6.45) is 0.814. The van der Waals surface area contributed by atoms with Crippen molar-refractivity contribution in [1.82, 2.24) is 5.32 Å². The van der Waals surface area contributed by atoms with E-state index in [1.54, 1.807) is 12.1 Å². The van der Waals surface area contributed by atoms with Gasteiger partial charge in [0.05, 0.1) is 11.5 Å². The fraction of sp³-hybridized carbons (Fsp3) is 0.333. The number of carbonyl (C=O) groups excluding carboxylic acids is 1. The lowest BCUT2D eigenvalue weighted by molar-refractivity contribution is -0.119. The minimum absolute atomic E-state index is 0.0399. The highest BCUT2D eigenvalue weighted by molar-refractivity contribution is 9.10. The summed E-state index contributed by atoms with van der Waals surface area (Å²) in [5.74, 6) is -1.14. The van der Waals surface area contributed by atoms with Crippen molar-refractivity contribution in [2.75, 3.05) is 18.4 Å². The molecule has 0 spiro atoms. The maximum absolute atomic E-state index is 11.9. The van der Waals surface area contributed by atoms with Gasteiger partial charge in [-0.2, -0.15) is 0 Å². The molecule has 1 aromatic carbocycles. The minimum atomic E-state index is -1.03. The first-order valence-corrected chi connectivity index (χ1v) is 6.41. The van der Waals surface area contributed by atoms with E-state index in [9.17, 15) is 9.59 Å². The van der Waals surface area contributed by atoms with Gasteiger partial charge in [0.1, 0.15) is 0 Å². The number of carboxylic acid groups (broad SMARTS) is 1. The van der Waals surface area contributed by atoms with Gasteiger partial charge in [0, 0.05) is 16.7 Å². The van der Waals surface area contributed by atoms with Gasteiger partial charge in [-0.15, -0.1) is 0 Å². The largest absolute Gasteiger partial charge is 0.478 e. The average Bonchev–Trinajstić information content (AvgIpc) is 2.85. The van der Waals surface area contributed by atoms with Crippen molar-refractivity contribution in [2.24, 2.45) is 5.92 Å². The molecule has 96 valence electrons. The third-order valence-corrected chi connectivity index (χ3v) is 3.59. The van der Waals surface area contributed by atoms with E-state index in [0.29, 0.717) is 16.7 Å². The van der Waals surface area contributed by atoms with Gasteiger partial charge in [-0.25, -0.2) is 4.79 Å². The third kappa shape index (κ3) is 2.88. The Morgan fingerprint density at radius 3 is 2.83 bits per heavy atom. The van der Waals surface area contributed by atoms with E-state index >= 15 is 0 Å². The van der Waals surface area contributed by atoms with Gasteiger partial charge in [-0.1, -0.05) is 0 Å². The zero-order valence-corrected chi connectivity index (χ0v) is 11.2. The Kier molecular flexibility index (Phi) is 3.98. The summed E-state index contributed by atoms with van der Waals surface area (Å²) < 4.78 is 0.496. The van der Waals surface area contributed by atoms with Crippen LogP contribution in [-0.4, -0.2) is 30.1 Å². The first kappa shape index (κ1) is 13.0. The molecule has 1 amide bonds. The second-order valence-electron chi connectivity index (χ2n) is 4.18. The first-order chi connectivity index (χ1) is 8.58. The Morgan fingerprint density at radius 2 is 2.22 bits per heavy atom. The summed E-state index contributed by atoms with van der Waals surface area (Å²) in [6, 6.07) is 4.75. The SMILES string of the molecule is O=C(O)c1cc(NC(=O)C2CCNC2)ccc1Br. The van der Waals surface area contributed by atoms with Gasteiger partial charge in [-0.05, 0) is 47.1 Å². The van der Waals surface area contributed by atoms with Crippen molar-refractivity contribution < 1.29 is 14.7 Å². The smallest absolute Gasteiger partial charge is 0.336 e. The van der Waals surface area contributed by atoms with Gasteiger partial charge in [0.15, 0.2) is 0 Å². The number of hydrogen-bond donors (Lipinski definition) is 3. The number of rotatable bonds is 3. The molecule has 1 fully saturated rings. The Hall–Kier alpha value is -1.40. The van der Waals surface area contributed by atoms with E-state index in [1.807, 2.05) is 0 Å². The lowest BCUT2D eigenvalue weighted by atomic mass is 10.1. The number of nitrogens with one attached hydrogen (secondary N) is 2. The van der Waals surface area contributed by atoms with Crippen LogP contribution in [0.2, 0.25) is 0 Å². The van der Waals surface area contributed by atoms with E-state index in [0.717, 1.165) is 13.0 Å². The molecule has 1 heterocycles. The van der Waals surface area contributed by atoms with Gasteiger partial charge in [-0.3, -0.25) is 4.79 Å². The molecule has 1 aliphatic rings. The summed E-state index contributed by atoms with van der Waals surface area (Å²) in [5.41, 5.74) is 0.643. The molecule has 18 heavy (non-hydrogen) atoms. The maximum Gasteiger partial charge on any atom is 0.336 e. The zero-order valence-electron chi connectivity index (χ0n) is 9.57. The monoisotopic (exact) mass is 312 g/mol.